The van der Waals surface area contributed by atoms with Crippen LogP contribution in [0.3, 0.4) is 0 Å². The Labute approximate surface area is 119 Å². The summed E-state index contributed by atoms with van der Waals surface area (Å²) in [6.07, 6.45) is 1.81. The van der Waals surface area contributed by atoms with E-state index in [1.807, 2.05) is 36.4 Å². The first-order chi connectivity index (χ1) is 9.13. The number of rotatable bonds is 4. The Morgan fingerprint density at radius 2 is 1.74 bits per heavy atom. The van der Waals surface area contributed by atoms with Gasteiger partial charge in [0.15, 0.2) is 0 Å². The van der Waals surface area contributed by atoms with E-state index in [9.17, 15) is 4.79 Å². The molecular weight excluding hydrogens is 306 g/mol. The van der Waals surface area contributed by atoms with Gasteiger partial charge in [0.1, 0.15) is 0 Å². The molecule has 0 aliphatic carbocycles. The van der Waals surface area contributed by atoms with E-state index in [4.69, 9.17) is 5.11 Å². The van der Waals surface area contributed by atoms with Crippen LogP contribution >= 0.6 is 15.9 Å². The van der Waals surface area contributed by atoms with Gasteiger partial charge in [0.2, 0.25) is 0 Å². The molecule has 1 N–H and O–H groups in total. The highest BCUT2D eigenvalue weighted by molar-refractivity contribution is 9.10. The van der Waals surface area contributed by atoms with Gasteiger partial charge in [-0.15, -0.1) is 0 Å². The number of benzene rings is 2. The molecule has 0 aliphatic heterocycles. The summed E-state index contributed by atoms with van der Waals surface area (Å²) in [6, 6.07) is 15.0. The van der Waals surface area contributed by atoms with Crippen LogP contribution in [0.5, 0.6) is 0 Å². The molecule has 0 spiro atoms. The molecule has 0 aromatic heterocycles. The van der Waals surface area contributed by atoms with Crippen LogP contribution in [0.25, 0.3) is 0 Å². The van der Waals surface area contributed by atoms with Crippen LogP contribution in [-0.4, -0.2) is 17.3 Å². The third-order valence-corrected chi connectivity index (χ3v) is 3.05. The number of aliphatic imine (C=N–C) groups is 1. The van der Waals surface area contributed by atoms with Crippen molar-refractivity contribution in [3.05, 3.63) is 64.1 Å². The molecule has 0 aliphatic rings. The van der Waals surface area contributed by atoms with Crippen molar-refractivity contribution in [3.8, 4) is 0 Å². The van der Waals surface area contributed by atoms with Gasteiger partial charge in [0.25, 0.3) is 0 Å². The van der Waals surface area contributed by atoms with Crippen LogP contribution in [0.2, 0.25) is 0 Å². The summed E-state index contributed by atoms with van der Waals surface area (Å²) >= 11 is 3.38. The fraction of sp³-hybridized carbons (Fsp3) is 0.0667. The standard InChI is InChI=1S/C15H12BrNO2/c16-13-5-1-12(2-6-13)10-17-14-7-3-11(4-8-14)9-15(18)19/h1-8,10H,9H2,(H,18,19)/b17-10+. The van der Waals surface area contributed by atoms with E-state index >= 15 is 0 Å². The summed E-state index contributed by atoms with van der Waals surface area (Å²) in [5, 5.41) is 8.68. The average molecular weight is 318 g/mol. The van der Waals surface area contributed by atoms with Gasteiger partial charge in [-0.25, -0.2) is 0 Å². The van der Waals surface area contributed by atoms with E-state index in [-0.39, 0.29) is 6.42 Å². The van der Waals surface area contributed by atoms with Crippen LogP contribution < -0.4 is 0 Å². The number of aliphatic carboxylic acids is 1. The minimum Gasteiger partial charge on any atom is -0.481 e. The predicted molar refractivity (Wildman–Crippen MR) is 79.2 cm³/mol. The van der Waals surface area contributed by atoms with Crippen LogP contribution in [0, 0.1) is 0 Å². The first-order valence-electron chi connectivity index (χ1n) is 5.74. The lowest BCUT2D eigenvalue weighted by atomic mass is 10.1. The Kier molecular flexibility index (Phi) is 4.47. The van der Waals surface area contributed by atoms with Crippen molar-refractivity contribution in [1.29, 1.82) is 0 Å². The molecule has 19 heavy (non-hydrogen) atoms. The normalized spacial score (nSPS) is 10.8. The molecule has 3 nitrogen and oxygen atoms in total. The Morgan fingerprint density at radius 1 is 1.11 bits per heavy atom. The summed E-state index contributed by atoms with van der Waals surface area (Å²) in [4.78, 5) is 14.9. The summed E-state index contributed by atoms with van der Waals surface area (Å²) in [5.74, 6) is -0.828. The number of hydrogen-bond donors (Lipinski definition) is 1. The van der Waals surface area contributed by atoms with Crippen LogP contribution in [-0.2, 0) is 11.2 Å². The minimum atomic E-state index is -0.828. The molecule has 0 saturated heterocycles. The van der Waals surface area contributed by atoms with Crippen LogP contribution in [0.1, 0.15) is 11.1 Å². The van der Waals surface area contributed by atoms with Crippen molar-refractivity contribution < 1.29 is 9.90 Å². The van der Waals surface area contributed by atoms with E-state index in [0.29, 0.717) is 0 Å². The predicted octanol–water partition coefficient (Wildman–Crippen LogP) is 3.83. The van der Waals surface area contributed by atoms with Crippen LogP contribution in [0.15, 0.2) is 58.0 Å². The monoisotopic (exact) mass is 317 g/mol. The summed E-state index contributed by atoms with van der Waals surface area (Å²) in [5.41, 5.74) is 2.59. The molecule has 0 atom stereocenters. The Bertz CT molecular complexity index is 589. The highest BCUT2D eigenvalue weighted by Gasteiger charge is 1.99. The van der Waals surface area contributed by atoms with Gasteiger partial charge >= 0.3 is 5.97 Å². The number of hydrogen-bond acceptors (Lipinski definition) is 2. The molecule has 4 heteroatoms. The second-order valence-electron chi connectivity index (χ2n) is 4.05. The minimum absolute atomic E-state index is 0.0384. The fourth-order valence-electron chi connectivity index (χ4n) is 1.57. The maximum atomic E-state index is 10.6. The lowest BCUT2D eigenvalue weighted by Crippen LogP contribution is -1.99. The Balaban J connectivity index is 2.06. The number of carboxylic acids is 1. The van der Waals surface area contributed by atoms with Gasteiger partial charge in [0, 0.05) is 10.7 Å². The van der Waals surface area contributed by atoms with Crippen molar-refractivity contribution >= 4 is 33.8 Å². The molecule has 2 aromatic carbocycles. The Morgan fingerprint density at radius 3 is 2.32 bits per heavy atom. The van der Waals surface area contributed by atoms with Crippen molar-refractivity contribution in [2.45, 2.75) is 6.42 Å². The SMILES string of the molecule is O=C(O)Cc1ccc(/N=C/c2ccc(Br)cc2)cc1. The van der Waals surface area contributed by atoms with E-state index in [1.165, 1.54) is 0 Å². The molecule has 2 rings (SSSR count). The molecule has 0 fully saturated rings. The highest BCUT2D eigenvalue weighted by Crippen LogP contribution is 2.14. The second-order valence-corrected chi connectivity index (χ2v) is 4.96. The highest BCUT2D eigenvalue weighted by atomic mass is 79.9. The lowest BCUT2D eigenvalue weighted by Gasteiger charge is -1.98. The smallest absolute Gasteiger partial charge is 0.307 e. The van der Waals surface area contributed by atoms with E-state index in [1.54, 1.807) is 18.3 Å². The van der Waals surface area contributed by atoms with Gasteiger partial charge in [0.05, 0.1) is 12.1 Å². The quantitative estimate of drug-likeness (QED) is 0.871. The Hall–Kier alpha value is -1.94. The number of carboxylic acid groups (broad SMARTS) is 1. The first-order valence-corrected chi connectivity index (χ1v) is 6.53. The largest absolute Gasteiger partial charge is 0.481 e. The molecule has 0 heterocycles. The van der Waals surface area contributed by atoms with Gasteiger partial charge in [-0.1, -0.05) is 40.2 Å². The van der Waals surface area contributed by atoms with E-state index in [2.05, 4.69) is 20.9 Å². The van der Waals surface area contributed by atoms with Gasteiger partial charge < -0.3 is 5.11 Å². The zero-order valence-electron chi connectivity index (χ0n) is 10.1. The van der Waals surface area contributed by atoms with E-state index < -0.39 is 5.97 Å². The molecule has 0 radical (unpaired) electrons. The first kappa shape index (κ1) is 13.5. The maximum Gasteiger partial charge on any atom is 0.307 e. The van der Waals surface area contributed by atoms with Gasteiger partial charge in [-0.05, 0) is 35.4 Å². The molecule has 0 amide bonds. The van der Waals surface area contributed by atoms with Crippen LogP contribution in [0.4, 0.5) is 5.69 Å². The van der Waals surface area contributed by atoms with Crippen molar-refractivity contribution in [1.82, 2.24) is 0 Å². The maximum absolute atomic E-state index is 10.6. The van der Waals surface area contributed by atoms with Gasteiger partial charge in [-0.2, -0.15) is 0 Å². The van der Waals surface area contributed by atoms with Crippen molar-refractivity contribution in [2.24, 2.45) is 4.99 Å². The molecule has 0 unspecified atom stereocenters. The average Bonchev–Trinajstić information content (AvgIpc) is 2.39. The molecule has 0 bridgehead atoms. The van der Waals surface area contributed by atoms with Gasteiger partial charge in [-0.3, -0.25) is 9.79 Å². The van der Waals surface area contributed by atoms with Crippen molar-refractivity contribution in [2.75, 3.05) is 0 Å². The zero-order chi connectivity index (χ0) is 13.7. The zero-order valence-corrected chi connectivity index (χ0v) is 11.7. The lowest BCUT2D eigenvalue weighted by molar-refractivity contribution is -0.136. The summed E-state index contributed by atoms with van der Waals surface area (Å²) < 4.78 is 1.03. The summed E-state index contributed by atoms with van der Waals surface area (Å²) in [6.45, 7) is 0. The summed E-state index contributed by atoms with van der Waals surface area (Å²) in [7, 11) is 0. The molecule has 96 valence electrons. The van der Waals surface area contributed by atoms with E-state index in [0.717, 1.165) is 21.3 Å². The molecule has 0 saturated carbocycles. The fourth-order valence-corrected chi connectivity index (χ4v) is 1.84. The van der Waals surface area contributed by atoms with Crippen molar-refractivity contribution in [3.63, 3.8) is 0 Å². The third kappa shape index (κ3) is 4.34. The second kappa shape index (κ2) is 6.29. The topological polar surface area (TPSA) is 49.7 Å². The number of nitrogens with zero attached hydrogens (tertiary/aromatic N) is 1. The number of carbonyl (C=O) groups is 1. The number of halogens is 1. The molecular formula is C15H12BrNO2. The molecule has 2 aromatic rings. The third-order valence-electron chi connectivity index (χ3n) is 2.52.